The van der Waals surface area contributed by atoms with E-state index in [1.807, 2.05) is 23.1 Å². The highest BCUT2D eigenvalue weighted by Gasteiger charge is 2.23. The van der Waals surface area contributed by atoms with E-state index in [2.05, 4.69) is 46.4 Å². The van der Waals surface area contributed by atoms with E-state index >= 15 is 0 Å². The molecule has 0 aliphatic carbocycles. The maximum absolute atomic E-state index is 12.8. The predicted molar refractivity (Wildman–Crippen MR) is 105 cm³/mol. The van der Waals surface area contributed by atoms with Crippen molar-refractivity contribution in [2.75, 3.05) is 38.0 Å². The van der Waals surface area contributed by atoms with Crippen molar-refractivity contribution in [1.82, 2.24) is 14.8 Å². The zero-order valence-electron chi connectivity index (χ0n) is 15.5. The van der Waals surface area contributed by atoms with Gasteiger partial charge in [0.25, 0.3) is 5.91 Å². The predicted octanol–water partition coefficient (Wildman–Crippen LogP) is 3.25. The molecule has 0 atom stereocenters. The summed E-state index contributed by atoms with van der Waals surface area (Å²) in [6.45, 7) is 7.33. The lowest BCUT2D eigenvalue weighted by Crippen LogP contribution is -2.48. The number of hydrogen-bond acceptors (Lipinski definition) is 4. The third-order valence-electron chi connectivity index (χ3n) is 4.75. The summed E-state index contributed by atoms with van der Waals surface area (Å²) in [7, 11) is 0. The number of anilines is 1. The molecule has 1 aromatic heterocycles. The van der Waals surface area contributed by atoms with Gasteiger partial charge in [0.2, 0.25) is 0 Å². The number of carbonyl (C=O) groups is 1. The first-order valence-corrected chi connectivity index (χ1v) is 9.51. The van der Waals surface area contributed by atoms with Crippen LogP contribution in [0, 0.1) is 0 Å². The highest BCUT2D eigenvalue weighted by molar-refractivity contribution is 5.93. The molecule has 0 spiro atoms. The molecule has 0 bridgehead atoms. The number of pyridine rings is 1. The van der Waals surface area contributed by atoms with Gasteiger partial charge in [-0.05, 0) is 24.1 Å². The second-order valence-corrected chi connectivity index (χ2v) is 6.76. The summed E-state index contributed by atoms with van der Waals surface area (Å²) in [5.41, 5.74) is 2.82. The van der Waals surface area contributed by atoms with Gasteiger partial charge < -0.3 is 10.2 Å². The van der Waals surface area contributed by atoms with E-state index in [1.165, 1.54) is 5.56 Å². The molecule has 1 fully saturated rings. The Morgan fingerprint density at radius 1 is 1.12 bits per heavy atom. The average molecular weight is 352 g/mol. The Bertz CT molecular complexity index is 696. The third-order valence-corrected chi connectivity index (χ3v) is 4.75. The second kappa shape index (κ2) is 9.34. The van der Waals surface area contributed by atoms with Gasteiger partial charge in [-0.1, -0.05) is 43.7 Å². The van der Waals surface area contributed by atoms with Crippen LogP contribution in [0.25, 0.3) is 0 Å². The molecule has 2 heterocycles. The summed E-state index contributed by atoms with van der Waals surface area (Å²) in [6.07, 6.45) is 3.99. The molecule has 138 valence electrons. The Morgan fingerprint density at radius 3 is 2.62 bits per heavy atom. The molecule has 0 radical (unpaired) electrons. The van der Waals surface area contributed by atoms with Crippen LogP contribution >= 0.6 is 0 Å². The molecule has 5 nitrogen and oxygen atoms in total. The van der Waals surface area contributed by atoms with Crippen molar-refractivity contribution in [3.63, 3.8) is 0 Å². The number of nitrogens with zero attached hydrogens (tertiary/aromatic N) is 3. The number of aromatic nitrogens is 1. The van der Waals surface area contributed by atoms with Crippen molar-refractivity contribution in [2.45, 2.75) is 26.3 Å². The molecule has 5 heteroatoms. The quantitative estimate of drug-likeness (QED) is 0.777. The first kappa shape index (κ1) is 18.4. The molecule has 1 N–H and O–H groups in total. The number of unbranched alkanes of at least 4 members (excludes halogenated alkanes) is 1. The lowest BCUT2D eigenvalue weighted by atomic mass is 10.2. The normalized spacial score (nSPS) is 15.0. The highest BCUT2D eigenvalue weighted by atomic mass is 16.2. The minimum Gasteiger partial charge on any atom is -0.385 e. The van der Waals surface area contributed by atoms with Crippen molar-refractivity contribution < 1.29 is 4.79 Å². The van der Waals surface area contributed by atoms with Crippen LogP contribution < -0.4 is 5.32 Å². The lowest BCUT2D eigenvalue weighted by molar-refractivity contribution is 0.0623. The minimum absolute atomic E-state index is 0.0310. The van der Waals surface area contributed by atoms with Crippen LogP contribution in [0.4, 0.5) is 5.69 Å². The summed E-state index contributed by atoms with van der Waals surface area (Å²) in [4.78, 5) is 21.4. The molecule has 1 aromatic carbocycles. The van der Waals surface area contributed by atoms with Crippen molar-refractivity contribution in [1.29, 1.82) is 0 Å². The Hall–Kier alpha value is -2.40. The standard InChI is InChI=1S/C21H28N4O/c1-2-3-10-22-19-9-11-23-20(16-19)21(26)25-14-12-24(13-15-25)17-18-7-5-4-6-8-18/h4-9,11,16H,2-3,10,12-15,17H2,1H3,(H,22,23). The van der Waals surface area contributed by atoms with Crippen LogP contribution in [0.5, 0.6) is 0 Å². The Labute approximate surface area is 156 Å². The molecule has 0 unspecified atom stereocenters. The summed E-state index contributed by atoms with van der Waals surface area (Å²) < 4.78 is 0. The maximum Gasteiger partial charge on any atom is 0.272 e. The smallest absolute Gasteiger partial charge is 0.272 e. The largest absolute Gasteiger partial charge is 0.385 e. The zero-order valence-corrected chi connectivity index (χ0v) is 15.5. The van der Waals surface area contributed by atoms with Crippen LogP contribution in [0.1, 0.15) is 35.8 Å². The van der Waals surface area contributed by atoms with Gasteiger partial charge in [-0.2, -0.15) is 0 Å². The van der Waals surface area contributed by atoms with Gasteiger partial charge in [0.1, 0.15) is 5.69 Å². The molecule has 2 aromatic rings. The topological polar surface area (TPSA) is 48.5 Å². The summed E-state index contributed by atoms with van der Waals surface area (Å²) in [5.74, 6) is 0.0310. The van der Waals surface area contributed by atoms with Gasteiger partial charge in [0, 0.05) is 51.2 Å². The van der Waals surface area contributed by atoms with Crippen molar-refractivity contribution in [2.24, 2.45) is 0 Å². The fourth-order valence-corrected chi connectivity index (χ4v) is 3.18. The van der Waals surface area contributed by atoms with Gasteiger partial charge in [-0.15, -0.1) is 0 Å². The highest BCUT2D eigenvalue weighted by Crippen LogP contribution is 2.13. The van der Waals surface area contributed by atoms with Crippen LogP contribution in [0.3, 0.4) is 0 Å². The number of amides is 1. The monoisotopic (exact) mass is 352 g/mol. The molecular formula is C21H28N4O. The zero-order chi connectivity index (χ0) is 18.2. The molecular weight excluding hydrogens is 324 g/mol. The van der Waals surface area contributed by atoms with Crippen molar-refractivity contribution in [3.8, 4) is 0 Å². The van der Waals surface area contributed by atoms with Crippen LogP contribution in [-0.4, -0.2) is 53.4 Å². The molecule has 1 aliphatic rings. The number of rotatable bonds is 7. The van der Waals surface area contributed by atoms with E-state index in [4.69, 9.17) is 0 Å². The summed E-state index contributed by atoms with van der Waals surface area (Å²) >= 11 is 0. The number of nitrogens with one attached hydrogen (secondary N) is 1. The first-order chi connectivity index (χ1) is 12.8. The van der Waals surface area contributed by atoms with E-state index < -0.39 is 0 Å². The van der Waals surface area contributed by atoms with Crippen LogP contribution in [0.15, 0.2) is 48.7 Å². The number of piperazine rings is 1. The van der Waals surface area contributed by atoms with Crippen LogP contribution in [-0.2, 0) is 6.54 Å². The average Bonchev–Trinajstić information content (AvgIpc) is 2.69. The molecule has 26 heavy (non-hydrogen) atoms. The third kappa shape index (κ3) is 5.05. The molecule has 1 aliphatic heterocycles. The number of hydrogen-bond donors (Lipinski definition) is 1. The second-order valence-electron chi connectivity index (χ2n) is 6.76. The Kier molecular flexibility index (Phi) is 6.61. The van der Waals surface area contributed by atoms with Gasteiger partial charge in [-0.3, -0.25) is 14.7 Å². The van der Waals surface area contributed by atoms with Gasteiger partial charge in [-0.25, -0.2) is 0 Å². The van der Waals surface area contributed by atoms with Crippen molar-refractivity contribution in [3.05, 3.63) is 59.9 Å². The van der Waals surface area contributed by atoms with Crippen molar-refractivity contribution >= 4 is 11.6 Å². The Balaban J connectivity index is 1.52. The first-order valence-electron chi connectivity index (χ1n) is 9.51. The SMILES string of the molecule is CCCCNc1ccnc(C(=O)N2CCN(Cc3ccccc3)CC2)c1. The Morgan fingerprint density at radius 2 is 1.88 bits per heavy atom. The minimum atomic E-state index is 0.0310. The maximum atomic E-state index is 12.8. The van der Waals surface area contributed by atoms with E-state index in [9.17, 15) is 4.79 Å². The molecule has 1 amide bonds. The summed E-state index contributed by atoms with van der Waals surface area (Å²) in [5, 5.41) is 3.36. The summed E-state index contributed by atoms with van der Waals surface area (Å²) in [6, 6.07) is 14.3. The molecule has 1 saturated heterocycles. The number of benzene rings is 1. The van der Waals surface area contributed by atoms with E-state index in [0.29, 0.717) is 5.69 Å². The molecule has 0 saturated carbocycles. The van der Waals surface area contributed by atoms with Gasteiger partial charge in [0.05, 0.1) is 0 Å². The van der Waals surface area contributed by atoms with E-state index in [-0.39, 0.29) is 5.91 Å². The van der Waals surface area contributed by atoms with Gasteiger partial charge >= 0.3 is 0 Å². The van der Waals surface area contributed by atoms with Crippen LogP contribution in [0.2, 0.25) is 0 Å². The van der Waals surface area contributed by atoms with E-state index in [1.54, 1.807) is 6.20 Å². The fraction of sp³-hybridized carbons (Fsp3) is 0.429. The molecule has 3 rings (SSSR count). The number of carbonyl (C=O) groups excluding carboxylic acids is 1. The fourth-order valence-electron chi connectivity index (χ4n) is 3.18. The van der Waals surface area contributed by atoms with Gasteiger partial charge in [0.15, 0.2) is 0 Å². The van der Waals surface area contributed by atoms with E-state index in [0.717, 1.165) is 57.8 Å². The lowest BCUT2D eigenvalue weighted by Gasteiger charge is -2.34.